The summed E-state index contributed by atoms with van der Waals surface area (Å²) >= 11 is 2.95. The summed E-state index contributed by atoms with van der Waals surface area (Å²) in [4.78, 5) is 33.2. The van der Waals surface area contributed by atoms with Gasteiger partial charge in [-0.1, -0.05) is 30.8 Å². The van der Waals surface area contributed by atoms with Crippen molar-refractivity contribution in [2.24, 2.45) is 0 Å². The van der Waals surface area contributed by atoms with Crippen molar-refractivity contribution in [3.8, 4) is 0 Å². The van der Waals surface area contributed by atoms with E-state index in [0.717, 1.165) is 48.0 Å². The molecule has 1 unspecified atom stereocenters. The lowest BCUT2D eigenvalue weighted by Gasteiger charge is -2.16. The lowest BCUT2D eigenvalue weighted by molar-refractivity contribution is -0.115. The number of nitrogens with one attached hydrogen (secondary N) is 1. The van der Waals surface area contributed by atoms with Gasteiger partial charge in [0.05, 0.1) is 23.8 Å². The van der Waals surface area contributed by atoms with Crippen LogP contribution >= 0.6 is 23.1 Å². The molecule has 0 spiro atoms. The summed E-state index contributed by atoms with van der Waals surface area (Å²) in [6.45, 7) is 4.77. The van der Waals surface area contributed by atoms with Crippen LogP contribution in [0, 0.1) is 0 Å². The second-order valence-corrected chi connectivity index (χ2v) is 10.4. The smallest absolute Gasteiger partial charge is 0.263 e. The molecular weight excluding hydrogens is 442 g/mol. The number of methoxy groups -OCH3 is 1. The summed E-state index contributed by atoms with van der Waals surface area (Å²) in [5, 5.41) is 3.90. The first kappa shape index (κ1) is 23.0. The van der Waals surface area contributed by atoms with Gasteiger partial charge in [0.25, 0.3) is 5.56 Å². The molecule has 1 N–H and O–H groups in total. The average molecular weight is 472 g/mol. The third-order valence-electron chi connectivity index (χ3n) is 5.84. The zero-order valence-electron chi connectivity index (χ0n) is 18.8. The Kier molecular flexibility index (Phi) is 7.33. The highest BCUT2D eigenvalue weighted by atomic mass is 32.2. The molecule has 0 saturated carbocycles. The number of thiophene rings is 1. The number of carbonyl (C=O) groups excluding carboxylic acids is 1. The number of benzene rings is 1. The van der Waals surface area contributed by atoms with Crippen molar-refractivity contribution in [3.05, 3.63) is 50.6 Å². The average Bonchev–Trinajstić information content (AvgIpc) is 3.17. The van der Waals surface area contributed by atoms with Gasteiger partial charge in [0.1, 0.15) is 4.83 Å². The highest BCUT2D eigenvalue weighted by molar-refractivity contribution is 8.00. The second kappa shape index (κ2) is 10.2. The fourth-order valence-corrected chi connectivity index (χ4v) is 6.21. The molecule has 170 valence electrons. The van der Waals surface area contributed by atoms with E-state index < -0.39 is 5.25 Å². The molecule has 0 radical (unpaired) electrons. The minimum absolute atomic E-state index is 0.0169. The molecular formula is C24H29N3O3S2. The van der Waals surface area contributed by atoms with Gasteiger partial charge < -0.3 is 10.1 Å². The number of rotatable bonds is 8. The number of aryl methyl sites for hydroxylation is 3. The number of carbonyl (C=O) groups is 1. The zero-order chi connectivity index (χ0) is 22.7. The minimum atomic E-state index is -0.409. The first-order chi connectivity index (χ1) is 15.5. The number of anilines is 1. The molecule has 0 bridgehead atoms. The largest absolute Gasteiger partial charge is 0.383 e. The van der Waals surface area contributed by atoms with Crippen LogP contribution in [0.4, 0.5) is 5.69 Å². The Balaban J connectivity index is 1.61. The summed E-state index contributed by atoms with van der Waals surface area (Å²) in [6.07, 6.45) is 5.20. The van der Waals surface area contributed by atoms with E-state index in [4.69, 9.17) is 9.72 Å². The van der Waals surface area contributed by atoms with Gasteiger partial charge >= 0.3 is 0 Å². The van der Waals surface area contributed by atoms with Gasteiger partial charge in [0.15, 0.2) is 5.16 Å². The minimum Gasteiger partial charge on any atom is -0.383 e. The Labute approximate surface area is 196 Å². The molecule has 1 amide bonds. The van der Waals surface area contributed by atoms with Gasteiger partial charge in [-0.15, -0.1) is 11.3 Å². The molecule has 32 heavy (non-hydrogen) atoms. The summed E-state index contributed by atoms with van der Waals surface area (Å²) < 4.78 is 6.92. The van der Waals surface area contributed by atoms with Crippen molar-refractivity contribution in [1.82, 2.24) is 9.55 Å². The number of hydrogen-bond acceptors (Lipinski definition) is 6. The topological polar surface area (TPSA) is 73.2 Å². The third kappa shape index (κ3) is 4.77. The van der Waals surface area contributed by atoms with Crippen molar-refractivity contribution in [2.45, 2.75) is 62.9 Å². The van der Waals surface area contributed by atoms with E-state index in [0.29, 0.717) is 18.3 Å². The molecule has 1 aliphatic rings. The van der Waals surface area contributed by atoms with Crippen LogP contribution in [0.15, 0.2) is 34.2 Å². The van der Waals surface area contributed by atoms with Crippen molar-refractivity contribution in [1.29, 1.82) is 0 Å². The van der Waals surface area contributed by atoms with E-state index in [1.54, 1.807) is 23.0 Å². The van der Waals surface area contributed by atoms with E-state index in [9.17, 15) is 9.59 Å². The Morgan fingerprint density at radius 2 is 2.03 bits per heavy atom. The monoisotopic (exact) mass is 471 g/mol. The third-order valence-corrected chi connectivity index (χ3v) is 8.12. The van der Waals surface area contributed by atoms with Gasteiger partial charge in [-0.2, -0.15) is 0 Å². The number of fused-ring (bicyclic) bond motifs is 3. The molecule has 4 rings (SSSR count). The molecule has 1 aromatic carbocycles. The van der Waals surface area contributed by atoms with E-state index >= 15 is 0 Å². The number of hydrogen-bond donors (Lipinski definition) is 1. The summed E-state index contributed by atoms with van der Waals surface area (Å²) in [5.41, 5.74) is 3.16. The number of aromatic nitrogens is 2. The van der Waals surface area contributed by atoms with E-state index in [1.807, 2.05) is 31.2 Å². The van der Waals surface area contributed by atoms with Crippen LogP contribution in [-0.2, 0) is 35.3 Å². The van der Waals surface area contributed by atoms with E-state index in [2.05, 4.69) is 12.2 Å². The maximum Gasteiger partial charge on any atom is 0.263 e. The lowest BCUT2D eigenvalue weighted by Crippen LogP contribution is -2.28. The Morgan fingerprint density at radius 1 is 1.28 bits per heavy atom. The van der Waals surface area contributed by atoms with Gasteiger partial charge in [-0.25, -0.2) is 4.98 Å². The predicted octanol–water partition coefficient (Wildman–Crippen LogP) is 4.66. The van der Waals surface area contributed by atoms with Crippen LogP contribution in [0.25, 0.3) is 10.2 Å². The quantitative estimate of drug-likeness (QED) is 0.382. The van der Waals surface area contributed by atoms with Crippen LogP contribution < -0.4 is 10.9 Å². The van der Waals surface area contributed by atoms with Crippen LogP contribution in [-0.4, -0.2) is 34.4 Å². The van der Waals surface area contributed by atoms with Crippen molar-refractivity contribution in [2.75, 3.05) is 19.0 Å². The molecule has 2 heterocycles. The van der Waals surface area contributed by atoms with Gasteiger partial charge in [-0.3, -0.25) is 14.2 Å². The Bertz CT molecular complexity index is 1170. The standard InChI is InChI=1S/C24H29N3O3S2/c1-4-16-9-11-17(12-10-16)25-21(28)15(2)31-24-26-22-20(23(29)27(24)13-14-30-3)18-7-5-6-8-19(18)32-22/h9-12,15H,4-8,13-14H2,1-3H3,(H,25,28). The fraction of sp³-hybridized carbons (Fsp3) is 0.458. The highest BCUT2D eigenvalue weighted by Gasteiger charge is 2.24. The maximum atomic E-state index is 13.5. The van der Waals surface area contributed by atoms with Crippen molar-refractivity contribution < 1.29 is 9.53 Å². The van der Waals surface area contributed by atoms with Crippen LogP contribution in [0.3, 0.4) is 0 Å². The summed E-state index contributed by atoms with van der Waals surface area (Å²) in [7, 11) is 1.62. The molecule has 0 aliphatic heterocycles. The second-order valence-electron chi connectivity index (χ2n) is 8.03. The van der Waals surface area contributed by atoms with Gasteiger partial charge in [0.2, 0.25) is 5.91 Å². The van der Waals surface area contributed by atoms with Crippen LogP contribution in [0.1, 0.15) is 42.7 Å². The zero-order valence-corrected chi connectivity index (χ0v) is 20.4. The van der Waals surface area contributed by atoms with Crippen LogP contribution in [0.2, 0.25) is 0 Å². The highest BCUT2D eigenvalue weighted by Crippen LogP contribution is 2.35. The maximum absolute atomic E-state index is 13.5. The van der Waals surface area contributed by atoms with E-state index in [-0.39, 0.29) is 11.5 Å². The molecule has 3 aromatic rings. The molecule has 8 heteroatoms. The number of thioether (sulfide) groups is 1. The van der Waals surface area contributed by atoms with Gasteiger partial charge in [-0.05, 0) is 62.3 Å². The first-order valence-corrected chi connectivity index (χ1v) is 12.8. The van der Waals surface area contributed by atoms with Crippen molar-refractivity contribution >= 4 is 44.9 Å². The number of ether oxygens (including phenoxy) is 1. The molecule has 6 nitrogen and oxygen atoms in total. The number of nitrogens with zero attached hydrogens (tertiary/aromatic N) is 2. The van der Waals surface area contributed by atoms with E-state index in [1.165, 1.54) is 27.8 Å². The molecule has 1 aliphatic carbocycles. The SMILES string of the molecule is CCc1ccc(NC(=O)C(C)Sc2nc3sc4c(c3c(=O)n2CCOC)CCCC4)cc1. The molecule has 1 atom stereocenters. The Morgan fingerprint density at radius 3 is 2.75 bits per heavy atom. The summed E-state index contributed by atoms with van der Waals surface area (Å²) in [5.74, 6) is -0.114. The van der Waals surface area contributed by atoms with Gasteiger partial charge in [0, 0.05) is 17.7 Å². The first-order valence-electron chi connectivity index (χ1n) is 11.1. The molecule has 2 aromatic heterocycles. The lowest BCUT2D eigenvalue weighted by atomic mass is 9.97. The molecule has 0 fully saturated rings. The normalized spacial score (nSPS) is 14.3. The molecule has 0 saturated heterocycles. The summed E-state index contributed by atoms with van der Waals surface area (Å²) in [6, 6.07) is 7.87. The fourth-order valence-electron chi connectivity index (χ4n) is 3.97. The van der Waals surface area contributed by atoms with Crippen molar-refractivity contribution in [3.63, 3.8) is 0 Å². The van der Waals surface area contributed by atoms with Crippen LogP contribution in [0.5, 0.6) is 0 Å². The predicted molar refractivity (Wildman–Crippen MR) is 132 cm³/mol. The Hall–Kier alpha value is -2.16. The number of amides is 1.